The number of carbonyl (C=O) groups is 2. The van der Waals surface area contributed by atoms with Crippen molar-refractivity contribution < 1.29 is 36.6 Å². The number of carbonyl (C=O) groups excluding carboxylic acids is 2. The van der Waals surface area contributed by atoms with Gasteiger partial charge in [-0.25, -0.2) is 12.8 Å². The molecule has 2 amide bonds. The molecule has 0 aliphatic heterocycles. The lowest BCUT2D eigenvalue weighted by Gasteiger charge is -2.34. The topological polar surface area (TPSA) is 114 Å². The third-order valence-corrected chi connectivity index (χ3v) is 9.54. The van der Waals surface area contributed by atoms with Crippen LogP contribution in [0, 0.1) is 5.82 Å². The van der Waals surface area contributed by atoms with Crippen LogP contribution in [0.3, 0.4) is 0 Å². The van der Waals surface area contributed by atoms with E-state index in [4.69, 9.17) is 25.8 Å². The van der Waals surface area contributed by atoms with Gasteiger partial charge in [0.25, 0.3) is 10.0 Å². The lowest BCUT2D eigenvalue weighted by atomic mass is 10.0. The summed E-state index contributed by atoms with van der Waals surface area (Å²) in [7, 11) is -0.416. The highest BCUT2D eigenvalue weighted by Gasteiger charge is 2.36. The Balaban J connectivity index is 1.88. The third-order valence-electron chi connectivity index (χ3n) is 7.55. The quantitative estimate of drug-likeness (QED) is 0.175. The Morgan fingerprint density at radius 3 is 2.15 bits per heavy atom. The zero-order valence-corrected chi connectivity index (χ0v) is 28.6. The maximum atomic E-state index is 15.1. The van der Waals surface area contributed by atoms with Crippen LogP contribution >= 0.6 is 11.6 Å². The van der Waals surface area contributed by atoms with Crippen molar-refractivity contribution >= 4 is 39.1 Å². The van der Waals surface area contributed by atoms with E-state index in [0.29, 0.717) is 5.75 Å². The predicted octanol–water partition coefficient (Wildman–Crippen LogP) is 5.48. The van der Waals surface area contributed by atoms with Crippen LogP contribution in [0.15, 0.2) is 95.9 Å². The maximum absolute atomic E-state index is 15.1. The molecule has 1 N–H and O–H groups in total. The molecule has 254 valence electrons. The summed E-state index contributed by atoms with van der Waals surface area (Å²) in [5.41, 5.74) is 0.853. The zero-order chi connectivity index (χ0) is 34.8. The Kier molecular flexibility index (Phi) is 12.3. The largest absolute Gasteiger partial charge is 0.495 e. The normalized spacial score (nSPS) is 11.7. The van der Waals surface area contributed by atoms with Crippen LogP contribution in [-0.2, 0) is 32.6 Å². The van der Waals surface area contributed by atoms with Gasteiger partial charge in [-0.3, -0.25) is 13.9 Å². The average Bonchev–Trinajstić information content (AvgIpc) is 3.09. The number of hydrogen-bond acceptors (Lipinski definition) is 7. The summed E-state index contributed by atoms with van der Waals surface area (Å²) in [5.74, 6) is -1.31. The van der Waals surface area contributed by atoms with E-state index < -0.39 is 40.2 Å². The van der Waals surface area contributed by atoms with Crippen molar-refractivity contribution in [2.45, 2.75) is 30.8 Å². The SMILES string of the molecule is CCNC(=O)C(Cc1ccccc1)N(Cc1ccccc1F)C(=O)CN(c1cc(Cl)ccc1OC)S(=O)(=O)c1ccc(OC)c(OC)c1. The number of sulfonamides is 1. The van der Waals surface area contributed by atoms with Crippen LogP contribution in [-0.4, -0.2) is 65.6 Å². The van der Waals surface area contributed by atoms with Crippen molar-refractivity contribution in [1.29, 1.82) is 0 Å². The van der Waals surface area contributed by atoms with Crippen molar-refractivity contribution in [3.8, 4) is 17.2 Å². The van der Waals surface area contributed by atoms with Gasteiger partial charge >= 0.3 is 0 Å². The second-order valence-corrected chi connectivity index (χ2v) is 12.9. The van der Waals surface area contributed by atoms with Gasteiger partial charge in [-0.05, 0) is 48.9 Å². The highest BCUT2D eigenvalue weighted by molar-refractivity contribution is 7.92. The molecule has 0 saturated heterocycles. The van der Waals surface area contributed by atoms with E-state index in [1.807, 2.05) is 18.2 Å². The Hall–Kier alpha value is -4.81. The minimum absolute atomic E-state index is 0.0309. The molecule has 0 bridgehead atoms. The number of nitrogens with one attached hydrogen (secondary N) is 1. The highest BCUT2D eigenvalue weighted by Crippen LogP contribution is 2.37. The number of methoxy groups -OCH3 is 3. The second-order valence-electron chi connectivity index (χ2n) is 10.6. The van der Waals surface area contributed by atoms with Crippen LogP contribution in [0.5, 0.6) is 17.2 Å². The van der Waals surface area contributed by atoms with E-state index in [2.05, 4.69) is 5.32 Å². The highest BCUT2D eigenvalue weighted by atomic mass is 35.5. The molecule has 0 aliphatic carbocycles. The summed E-state index contributed by atoms with van der Waals surface area (Å²) in [6.45, 7) is 0.887. The molecule has 4 aromatic carbocycles. The average molecular weight is 698 g/mol. The van der Waals surface area contributed by atoms with Gasteiger partial charge in [-0.2, -0.15) is 0 Å². The molecular formula is C35H37ClFN3O7S. The van der Waals surface area contributed by atoms with Crippen LogP contribution < -0.4 is 23.8 Å². The molecule has 10 nitrogen and oxygen atoms in total. The fraction of sp³-hybridized carbons (Fsp3) is 0.257. The minimum Gasteiger partial charge on any atom is -0.495 e. The van der Waals surface area contributed by atoms with Gasteiger partial charge in [-0.15, -0.1) is 0 Å². The van der Waals surface area contributed by atoms with Crippen molar-refractivity contribution in [2.24, 2.45) is 0 Å². The van der Waals surface area contributed by atoms with Gasteiger partial charge in [0.1, 0.15) is 24.2 Å². The predicted molar refractivity (Wildman–Crippen MR) is 182 cm³/mol. The Morgan fingerprint density at radius 1 is 0.854 bits per heavy atom. The molecule has 0 aromatic heterocycles. The number of ether oxygens (including phenoxy) is 3. The third kappa shape index (κ3) is 8.36. The number of rotatable bonds is 15. The number of halogens is 2. The van der Waals surface area contributed by atoms with E-state index in [0.717, 1.165) is 9.87 Å². The summed E-state index contributed by atoms with van der Waals surface area (Å²) >= 11 is 6.34. The van der Waals surface area contributed by atoms with E-state index in [1.54, 1.807) is 25.1 Å². The summed E-state index contributed by atoms with van der Waals surface area (Å²) in [4.78, 5) is 29.2. The van der Waals surface area contributed by atoms with Gasteiger partial charge in [0.15, 0.2) is 11.5 Å². The number of likely N-dealkylation sites (N-methyl/N-ethyl adjacent to an activating group) is 1. The molecule has 4 rings (SSSR count). The first-order valence-electron chi connectivity index (χ1n) is 15.0. The van der Waals surface area contributed by atoms with Crippen molar-refractivity contribution in [3.05, 3.63) is 113 Å². The molecule has 13 heteroatoms. The van der Waals surface area contributed by atoms with Gasteiger partial charge in [-0.1, -0.05) is 60.1 Å². The van der Waals surface area contributed by atoms with E-state index >= 15 is 4.39 Å². The number of hydrogen-bond donors (Lipinski definition) is 1. The molecule has 0 radical (unpaired) electrons. The molecule has 0 saturated carbocycles. The first kappa shape index (κ1) is 36.0. The first-order chi connectivity index (χ1) is 23.0. The molecule has 0 heterocycles. The standard InChI is InChI=1S/C35H37ClFN3O7S/c1-5-38-35(42)30(19-24-11-7-6-8-12-24)39(22-25-13-9-10-14-28(25)37)34(41)23-40(29-20-26(36)15-17-31(29)45-2)48(43,44)27-16-18-32(46-3)33(21-27)47-4/h6-18,20-21,30H,5,19,22-23H2,1-4H3,(H,38,42). The number of anilines is 1. The summed E-state index contributed by atoms with van der Waals surface area (Å²) in [6, 6.07) is 22.2. The summed E-state index contributed by atoms with van der Waals surface area (Å²) < 4.78 is 61.0. The number of benzene rings is 4. The Labute approximate surface area is 285 Å². The lowest BCUT2D eigenvalue weighted by Crippen LogP contribution is -2.53. The molecular weight excluding hydrogens is 661 g/mol. The first-order valence-corrected chi connectivity index (χ1v) is 16.8. The summed E-state index contributed by atoms with van der Waals surface area (Å²) in [6.07, 6.45) is 0.0791. The van der Waals surface area contributed by atoms with Gasteiger partial charge in [0.05, 0.1) is 31.9 Å². The van der Waals surface area contributed by atoms with Crippen LogP contribution in [0.4, 0.5) is 10.1 Å². The zero-order valence-electron chi connectivity index (χ0n) is 27.0. The van der Waals surface area contributed by atoms with Gasteiger partial charge in [0.2, 0.25) is 11.8 Å². The Morgan fingerprint density at radius 2 is 1.50 bits per heavy atom. The number of amides is 2. The molecule has 1 unspecified atom stereocenters. The van der Waals surface area contributed by atoms with Crippen LogP contribution in [0.2, 0.25) is 5.02 Å². The Bertz CT molecular complexity index is 1840. The summed E-state index contributed by atoms with van der Waals surface area (Å²) in [5, 5.41) is 2.95. The fourth-order valence-electron chi connectivity index (χ4n) is 5.13. The molecule has 48 heavy (non-hydrogen) atoms. The molecule has 0 aliphatic rings. The van der Waals surface area contributed by atoms with E-state index in [1.165, 1.54) is 80.8 Å². The lowest BCUT2D eigenvalue weighted by molar-refractivity contribution is -0.140. The molecule has 0 spiro atoms. The van der Waals surface area contributed by atoms with Gasteiger partial charge in [0, 0.05) is 36.2 Å². The van der Waals surface area contributed by atoms with Crippen molar-refractivity contribution in [3.63, 3.8) is 0 Å². The number of nitrogens with zero attached hydrogens (tertiary/aromatic N) is 2. The second kappa shape index (κ2) is 16.3. The van der Waals surface area contributed by atoms with Crippen LogP contribution in [0.25, 0.3) is 0 Å². The monoisotopic (exact) mass is 697 g/mol. The molecule has 4 aromatic rings. The minimum atomic E-state index is -4.55. The van der Waals surface area contributed by atoms with E-state index in [-0.39, 0.29) is 52.2 Å². The molecule has 1 atom stereocenters. The van der Waals surface area contributed by atoms with Gasteiger partial charge < -0.3 is 24.4 Å². The maximum Gasteiger partial charge on any atom is 0.265 e. The smallest absolute Gasteiger partial charge is 0.265 e. The fourth-order valence-corrected chi connectivity index (χ4v) is 6.73. The van der Waals surface area contributed by atoms with Crippen molar-refractivity contribution in [2.75, 3.05) is 38.7 Å². The van der Waals surface area contributed by atoms with Crippen LogP contribution in [0.1, 0.15) is 18.1 Å². The molecule has 0 fully saturated rings. The van der Waals surface area contributed by atoms with Crippen molar-refractivity contribution in [1.82, 2.24) is 10.2 Å². The van der Waals surface area contributed by atoms with E-state index in [9.17, 15) is 18.0 Å².